The van der Waals surface area contributed by atoms with Gasteiger partial charge in [-0.15, -0.1) is 0 Å². The molecule has 0 saturated carbocycles. The predicted octanol–water partition coefficient (Wildman–Crippen LogP) is 2.61. The standard InChI is InChI=1S/C14H8Cl2N2O3/c15-6-1-2-7(9(16)3-6)11-8(4-17)13(18)21-10-5-20-14(19)12(10)11/h1-3,11H,5,18H2. The first-order valence-corrected chi connectivity index (χ1v) is 6.71. The maximum atomic E-state index is 11.9. The molecule has 2 aliphatic rings. The summed E-state index contributed by atoms with van der Waals surface area (Å²) in [6.45, 7) is -0.00468. The molecule has 1 aromatic rings. The molecule has 1 unspecified atom stereocenters. The molecule has 0 aromatic heterocycles. The Morgan fingerprint density at radius 3 is 2.81 bits per heavy atom. The van der Waals surface area contributed by atoms with Gasteiger partial charge in [0, 0.05) is 10.0 Å². The number of nitrogens with two attached hydrogens (primary N) is 1. The number of ether oxygens (including phenoxy) is 2. The van der Waals surface area contributed by atoms with Gasteiger partial charge in [0.05, 0.1) is 11.5 Å². The minimum atomic E-state index is -0.710. The van der Waals surface area contributed by atoms with Gasteiger partial charge in [-0.05, 0) is 17.7 Å². The molecule has 0 saturated heterocycles. The molecular weight excluding hydrogens is 315 g/mol. The summed E-state index contributed by atoms with van der Waals surface area (Å²) in [6, 6.07) is 6.80. The average molecular weight is 323 g/mol. The van der Waals surface area contributed by atoms with E-state index in [4.69, 9.17) is 38.4 Å². The van der Waals surface area contributed by atoms with Crippen molar-refractivity contribution >= 4 is 29.2 Å². The second-order valence-corrected chi connectivity index (χ2v) is 5.35. The van der Waals surface area contributed by atoms with Crippen molar-refractivity contribution in [3.8, 4) is 6.07 Å². The van der Waals surface area contributed by atoms with Crippen LogP contribution < -0.4 is 5.73 Å². The van der Waals surface area contributed by atoms with Crippen LogP contribution in [0.1, 0.15) is 11.5 Å². The average Bonchev–Trinajstić information content (AvgIpc) is 2.79. The zero-order valence-corrected chi connectivity index (χ0v) is 12.0. The molecule has 7 heteroatoms. The molecule has 0 amide bonds. The van der Waals surface area contributed by atoms with Crippen LogP contribution in [-0.2, 0) is 14.3 Å². The topological polar surface area (TPSA) is 85.3 Å². The van der Waals surface area contributed by atoms with Crippen molar-refractivity contribution < 1.29 is 14.3 Å². The molecule has 106 valence electrons. The van der Waals surface area contributed by atoms with Gasteiger partial charge in [-0.2, -0.15) is 5.26 Å². The minimum Gasteiger partial charge on any atom is -0.454 e. The van der Waals surface area contributed by atoms with Crippen molar-refractivity contribution in [3.63, 3.8) is 0 Å². The van der Waals surface area contributed by atoms with Gasteiger partial charge < -0.3 is 15.2 Å². The molecule has 0 bridgehead atoms. The van der Waals surface area contributed by atoms with Crippen LogP contribution in [0.4, 0.5) is 0 Å². The Labute approximate surface area is 130 Å². The SMILES string of the molecule is N#CC1=C(N)OC2=C(C(=O)OC2)C1c1ccc(Cl)cc1Cl. The fraction of sp³-hybridized carbons (Fsp3) is 0.143. The van der Waals surface area contributed by atoms with Crippen molar-refractivity contribution in [2.45, 2.75) is 5.92 Å². The molecule has 0 aliphatic carbocycles. The number of esters is 1. The third-order valence-electron chi connectivity index (χ3n) is 3.32. The number of nitrogens with zero attached hydrogens (tertiary/aromatic N) is 1. The molecule has 1 aromatic carbocycles. The lowest BCUT2D eigenvalue weighted by Gasteiger charge is -2.24. The van der Waals surface area contributed by atoms with E-state index in [1.165, 1.54) is 0 Å². The summed E-state index contributed by atoms with van der Waals surface area (Å²) in [5.41, 5.74) is 6.69. The van der Waals surface area contributed by atoms with E-state index in [1.54, 1.807) is 18.2 Å². The molecule has 0 fully saturated rings. The van der Waals surface area contributed by atoms with Gasteiger partial charge in [-0.1, -0.05) is 29.3 Å². The van der Waals surface area contributed by atoms with Gasteiger partial charge >= 0.3 is 5.97 Å². The third-order valence-corrected chi connectivity index (χ3v) is 3.89. The Hall–Kier alpha value is -2.16. The van der Waals surface area contributed by atoms with E-state index in [2.05, 4.69) is 0 Å². The first-order valence-electron chi connectivity index (χ1n) is 5.95. The van der Waals surface area contributed by atoms with Gasteiger partial charge in [-0.3, -0.25) is 0 Å². The van der Waals surface area contributed by atoms with E-state index >= 15 is 0 Å². The fourth-order valence-electron chi connectivity index (χ4n) is 2.40. The van der Waals surface area contributed by atoms with Crippen LogP contribution in [0.25, 0.3) is 0 Å². The molecule has 1 atom stereocenters. The molecule has 0 spiro atoms. The monoisotopic (exact) mass is 322 g/mol. The lowest BCUT2D eigenvalue weighted by atomic mass is 9.83. The highest BCUT2D eigenvalue weighted by Crippen LogP contribution is 2.44. The number of halogens is 2. The predicted molar refractivity (Wildman–Crippen MR) is 75.1 cm³/mol. The van der Waals surface area contributed by atoms with Gasteiger partial charge in [0.1, 0.15) is 18.2 Å². The second-order valence-electron chi connectivity index (χ2n) is 4.50. The van der Waals surface area contributed by atoms with Gasteiger partial charge in [-0.25, -0.2) is 4.79 Å². The fourth-order valence-corrected chi connectivity index (χ4v) is 2.92. The lowest BCUT2D eigenvalue weighted by Crippen LogP contribution is -2.22. The molecule has 21 heavy (non-hydrogen) atoms. The maximum Gasteiger partial charge on any atom is 0.339 e. The van der Waals surface area contributed by atoms with Crippen LogP contribution in [0.5, 0.6) is 0 Å². The van der Waals surface area contributed by atoms with Crippen molar-refractivity contribution in [1.29, 1.82) is 5.26 Å². The Morgan fingerprint density at radius 1 is 1.38 bits per heavy atom. The Balaban J connectivity index is 2.22. The van der Waals surface area contributed by atoms with Crippen LogP contribution in [0, 0.1) is 11.3 Å². The van der Waals surface area contributed by atoms with Crippen molar-refractivity contribution in [1.82, 2.24) is 0 Å². The Bertz CT molecular complexity index is 762. The number of carbonyl (C=O) groups excluding carboxylic acids is 1. The quantitative estimate of drug-likeness (QED) is 0.803. The number of nitriles is 1. The van der Waals surface area contributed by atoms with E-state index < -0.39 is 11.9 Å². The molecule has 2 aliphatic heterocycles. The van der Waals surface area contributed by atoms with E-state index in [-0.39, 0.29) is 23.6 Å². The number of cyclic esters (lactones) is 1. The third kappa shape index (κ3) is 2.13. The van der Waals surface area contributed by atoms with Crippen LogP contribution in [0.2, 0.25) is 10.0 Å². The van der Waals surface area contributed by atoms with E-state index in [0.29, 0.717) is 21.4 Å². The largest absolute Gasteiger partial charge is 0.454 e. The summed E-state index contributed by atoms with van der Waals surface area (Å²) in [6.07, 6.45) is 0. The number of benzene rings is 1. The van der Waals surface area contributed by atoms with E-state index in [1.807, 2.05) is 6.07 Å². The summed E-state index contributed by atoms with van der Waals surface area (Å²) in [5.74, 6) is -0.988. The molecule has 5 nitrogen and oxygen atoms in total. The normalized spacial score (nSPS) is 20.8. The van der Waals surface area contributed by atoms with Gasteiger partial charge in [0.25, 0.3) is 0 Å². The number of allylic oxidation sites excluding steroid dienone is 1. The summed E-state index contributed by atoms with van der Waals surface area (Å²) in [4.78, 5) is 11.9. The highest BCUT2D eigenvalue weighted by Gasteiger charge is 2.42. The number of hydrogen-bond acceptors (Lipinski definition) is 5. The van der Waals surface area contributed by atoms with Crippen LogP contribution in [0.15, 0.2) is 41.0 Å². The highest BCUT2D eigenvalue weighted by molar-refractivity contribution is 6.35. The van der Waals surface area contributed by atoms with Crippen molar-refractivity contribution in [2.24, 2.45) is 5.73 Å². The Kier molecular flexibility index (Phi) is 3.28. The highest BCUT2D eigenvalue weighted by atomic mass is 35.5. The van der Waals surface area contributed by atoms with Crippen LogP contribution in [0.3, 0.4) is 0 Å². The molecule has 0 radical (unpaired) electrons. The first-order chi connectivity index (χ1) is 10.0. The molecular formula is C14H8Cl2N2O3. The zero-order valence-electron chi connectivity index (χ0n) is 10.5. The van der Waals surface area contributed by atoms with Gasteiger partial charge in [0.2, 0.25) is 5.88 Å². The van der Waals surface area contributed by atoms with Crippen LogP contribution in [-0.4, -0.2) is 12.6 Å². The summed E-state index contributed by atoms with van der Waals surface area (Å²) < 4.78 is 10.3. The number of carbonyl (C=O) groups is 1. The van der Waals surface area contributed by atoms with E-state index in [0.717, 1.165) is 0 Å². The van der Waals surface area contributed by atoms with Crippen molar-refractivity contribution in [2.75, 3.05) is 6.61 Å². The van der Waals surface area contributed by atoms with E-state index in [9.17, 15) is 10.1 Å². The number of hydrogen-bond donors (Lipinski definition) is 1. The summed E-state index contributed by atoms with van der Waals surface area (Å²) in [7, 11) is 0. The van der Waals surface area contributed by atoms with Crippen LogP contribution >= 0.6 is 23.2 Å². The van der Waals surface area contributed by atoms with Crippen molar-refractivity contribution in [3.05, 3.63) is 56.6 Å². The second kappa shape index (κ2) is 4.99. The maximum absolute atomic E-state index is 11.9. The smallest absolute Gasteiger partial charge is 0.339 e. The minimum absolute atomic E-state index is 0.00468. The summed E-state index contributed by atoms with van der Waals surface area (Å²) >= 11 is 12.1. The number of rotatable bonds is 1. The molecule has 2 heterocycles. The zero-order chi connectivity index (χ0) is 15.1. The molecule has 2 N–H and O–H groups in total. The Morgan fingerprint density at radius 2 is 2.14 bits per heavy atom. The summed E-state index contributed by atoms with van der Waals surface area (Å²) in [5, 5.41) is 10.1. The lowest BCUT2D eigenvalue weighted by molar-refractivity contribution is -0.136. The first kappa shape index (κ1) is 13.8. The van der Waals surface area contributed by atoms with Gasteiger partial charge in [0.15, 0.2) is 5.76 Å². The molecule has 3 rings (SSSR count).